The smallest absolute Gasteiger partial charge is 0.134 e. The number of halogens is 2. The molecule has 1 nitrogen and oxygen atoms in total. The number of aromatic hydroxyl groups is 1. The van der Waals surface area contributed by atoms with Crippen LogP contribution in [0.2, 0.25) is 5.02 Å². The van der Waals surface area contributed by atoms with Gasteiger partial charge in [0.15, 0.2) is 0 Å². The number of phenolic OH excluding ortho intramolecular Hbond substituents is 1. The summed E-state index contributed by atoms with van der Waals surface area (Å²) in [6.45, 7) is 0. The number of rotatable bonds is 1. The number of phenols is 1. The van der Waals surface area contributed by atoms with Crippen LogP contribution in [0.25, 0.3) is 11.1 Å². The van der Waals surface area contributed by atoms with Crippen molar-refractivity contribution in [2.45, 2.75) is 0 Å². The van der Waals surface area contributed by atoms with Crippen molar-refractivity contribution in [3.63, 3.8) is 0 Å². The van der Waals surface area contributed by atoms with Crippen molar-refractivity contribution in [1.82, 2.24) is 0 Å². The third kappa shape index (κ3) is 1.95. The van der Waals surface area contributed by atoms with Gasteiger partial charge in [-0.05, 0) is 23.8 Å². The molecule has 2 rings (SSSR count). The van der Waals surface area contributed by atoms with E-state index in [0.29, 0.717) is 11.1 Å². The molecule has 2 aromatic rings. The Morgan fingerprint density at radius 2 is 1.80 bits per heavy atom. The maximum Gasteiger partial charge on any atom is 0.134 e. The molecule has 0 heterocycles. The first-order valence-corrected chi connectivity index (χ1v) is 4.79. The first-order chi connectivity index (χ1) is 7.18. The van der Waals surface area contributed by atoms with Crippen LogP contribution in [-0.2, 0) is 0 Å². The Morgan fingerprint density at radius 1 is 1.07 bits per heavy atom. The summed E-state index contributed by atoms with van der Waals surface area (Å²) in [7, 11) is 0. The van der Waals surface area contributed by atoms with Gasteiger partial charge in [0.25, 0.3) is 0 Å². The lowest BCUT2D eigenvalue weighted by Gasteiger charge is -2.04. The van der Waals surface area contributed by atoms with E-state index >= 15 is 0 Å². The fraction of sp³-hybridized carbons (Fsp3) is 0. The summed E-state index contributed by atoms with van der Waals surface area (Å²) in [6.07, 6.45) is 0. The Kier molecular flexibility index (Phi) is 2.60. The molecule has 0 radical (unpaired) electrons. The number of benzene rings is 2. The van der Waals surface area contributed by atoms with Gasteiger partial charge in [-0.25, -0.2) is 4.39 Å². The summed E-state index contributed by atoms with van der Waals surface area (Å²) in [5.41, 5.74) is 1.12. The normalized spacial score (nSPS) is 10.3. The Bertz CT molecular complexity index is 497. The van der Waals surface area contributed by atoms with Gasteiger partial charge >= 0.3 is 0 Å². The van der Waals surface area contributed by atoms with E-state index in [9.17, 15) is 9.50 Å². The molecule has 0 saturated carbocycles. The van der Waals surface area contributed by atoms with Crippen LogP contribution in [0.1, 0.15) is 0 Å². The van der Waals surface area contributed by atoms with E-state index in [0.717, 1.165) is 0 Å². The van der Waals surface area contributed by atoms with Gasteiger partial charge in [0.1, 0.15) is 11.6 Å². The van der Waals surface area contributed by atoms with Crippen LogP contribution in [0, 0.1) is 5.82 Å². The maximum atomic E-state index is 13.4. The van der Waals surface area contributed by atoms with Gasteiger partial charge in [0.05, 0.1) is 5.02 Å². The van der Waals surface area contributed by atoms with E-state index in [1.165, 1.54) is 18.2 Å². The molecule has 0 aromatic heterocycles. The van der Waals surface area contributed by atoms with Gasteiger partial charge in [0, 0.05) is 5.56 Å². The summed E-state index contributed by atoms with van der Waals surface area (Å²) < 4.78 is 13.4. The third-order valence-corrected chi connectivity index (χ3v) is 2.44. The van der Waals surface area contributed by atoms with Crippen molar-refractivity contribution < 1.29 is 9.50 Å². The van der Waals surface area contributed by atoms with Crippen LogP contribution in [-0.4, -0.2) is 5.11 Å². The van der Waals surface area contributed by atoms with Crippen molar-refractivity contribution in [1.29, 1.82) is 0 Å². The molecule has 0 aliphatic carbocycles. The largest absolute Gasteiger partial charge is 0.506 e. The second kappa shape index (κ2) is 3.91. The highest BCUT2D eigenvalue weighted by molar-refractivity contribution is 6.32. The summed E-state index contributed by atoms with van der Waals surface area (Å²) in [6, 6.07) is 11.0. The molecule has 3 heteroatoms. The fourth-order valence-corrected chi connectivity index (χ4v) is 1.55. The summed E-state index contributed by atoms with van der Waals surface area (Å²) in [4.78, 5) is 0. The van der Waals surface area contributed by atoms with Crippen molar-refractivity contribution in [2.24, 2.45) is 0 Å². The molecule has 0 aliphatic rings. The molecule has 0 fully saturated rings. The zero-order valence-electron chi connectivity index (χ0n) is 7.74. The van der Waals surface area contributed by atoms with Crippen molar-refractivity contribution >= 4 is 11.6 Å². The van der Waals surface area contributed by atoms with E-state index < -0.39 is 0 Å². The standard InChI is InChI=1S/C12H8ClFO/c13-10-7-8(5-6-12(10)15)9-3-1-2-4-11(9)14/h1-7,15H. The van der Waals surface area contributed by atoms with Gasteiger partial charge in [-0.3, -0.25) is 0 Å². The monoisotopic (exact) mass is 222 g/mol. The van der Waals surface area contributed by atoms with Crippen molar-refractivity contribution in [3.05, 3.63) is 53.3 Å². The van der Waals surface area contributed by atoms with E-state index in [4.69, 9.17) is 11.6 Å². The van der Waals surface area contributed by atoms with Gasteiger partial charge < -0.3 is 5.11 Å². The molecule has 76 valence electrons. The molecule has 0 saturated heterocycles. The summed E-state index contributed by atoms with van der Waals surface area (Å²) >= 11 is 5.74. The molecule has 0 amide bonds. The van der Waals surface area contributed by atoms with Crippen LogP contribution in [0.15, 0.2) is 42.5 Å². The Morgan fingerprint density at radius 3 is 2.47 bits per heavy atom. The zero-order chi connectivity index (χ0) is 10.8. The lowest BCUT2D eigenvalue weighted by atomic mass is 10.1. The Labute approximate surface area is 91.8 Å². The average molecular weight is 223 g/mol. The van der Waals surface area contributed by atoms with Crippen LogP contribution in [0.4, 0.5) is 4.39 Å². The highest BCUT2D eigenvalue weighted by Gasteiger charge is 2.06. The molecule has 0 spiro atoms. The van der Waals surface area contributed by atoms with Crippen molar-refractivity contribution in [2.75, 3.05) is 0 Å². The lowest BCUT2D eigenvalue weighted by Crippen LogP contribution is -1.83. The Hall–Kier alpha value is -1.54. The molecule has 0 unspecified atom stereocenters. The van der Waals surface area contributed by atoms with E-state index in [1.807, 2.05) is 0 Å². The molecular formula is C12H8ClFO. The van der Waals surface area contributed by atoms with Crippen LogP contribution in [0.3, 0.4) is 0 Å². The number of hydrogen-bond donors (Lipinski definition) is 1. The predicted octanol–water partition coefficient (Wildman–Crippen LogP) is 3.85. The Balaban J connectivity index is 2.55. The van der Waals surface area contributed by atoms with Crippen molar-refractivity contribution in [3.8, 4) is 16.9 Å². The highest BCUT2D eigenvalue weighted by Crippen LogP contribution is 2.30. The van der Waals surface area contributed by atoms with E-state index in [1.54, 1.807) is 24.3 Å². The quantitative estimate of drug-likeness (QED) is 0.777. The average Bonchev–Trinajstić information content (AvgIpc) is 2.23. The second-order valence-electron chi connectivity index (χ2n) is 3.15. The number of hydrogen-bond acceptors (Lipinski definition) is 1. The van der Waals surface area contributed by atoms with Gasteiger partial charge in [-0.15, -0.1) is 0 Å². The zero-order valence-corrected chi connectivity index (χ0v) is 8.50. The fourth-order valence-electron chi connectivity index (χ4n) is 1.37. The lowest BCUT2D eigenvalue weighted by molar-refractivity contribution is 0.475. The second-order valence-corrected chi connectivity index (χ2v) is 3.55. The van der Waals surface area contributed by atoms with Gasteiger partial charge in [0.2, 0.25) is 0 Å². The van der Waals surface area contributed by atoms with Gasteiger partial charge in [-0.2, -0.15) is 0 Å². The predicted molar refractivity (Wildman–Crippen MR) is 58.5 cm³/mol. The molecule has 0 bridgehead atoms. The molecule has 0 aliphatic heterocycles. The molecule has 1 N–H and O–H groups in total. The summed E-state index contributed by atoms with van der Waals surface area (Å²) in [5.74, 6) is -0.309. The van der Waals surface area contributed by atoms with E-state index in [-0.39, 0.29) is 16.6 Å². The topological polar surface area (TPSA) is 20.2 Å². The van der Waals surface area contributed by atoms with Crippen LogP contribution < -0.4 is 0 Å². The maximum absolute atomic E-state index is 13.4. The first-order valence-electron chi connectivity index (χ1n) is 4.42. The van der Waals surface area contributed by atoms with Crippen LogP contribution in [0.5, 0.6) is 5.75 Å². The minimum Gasteiger partial charge on any atom is -0.506 e. The molecule has 0 atom stereocenters. The first kappa shape index (κ1) is 9.99. The molecule has 15 heavy (non-hydrogen) atoms. The van der Waals surface area contributed by atoms with Gasteiger partial charge in [-0.1, -0.05) is 35.9 Å². The highest BCUT2D eigenvalue weighted by atomic mass is 35.5. The minimum atomic E-state index is -0.306. The SMILES string of the molecule is Oc1ccc(-c2ccccc2F)cc1Cl. The third-order valence-electron chi connectivity index (χ3n) is 2.13. The molecular weight excluding hydrogens is 215 g/mol. The van der Waals surface area contributed by atoms with E-state index in [2.05, 4.69) is 0 Å². The van der Waals surface area contributed by atoms with Crippen LogP contribution >= 0.6 is 11.6 Å². The summed E-state index contributed by atoms with van der Waals surface area (Å²) in [5, 5.41) is 9.45. The minimum absolute atomic E-state index is 0.00300. The molecule has 2 aromatic carbocycles.